The molecule has 0 saturated carbocycles. The Kier molecular flexibility index (Phi) is 10.4. The molecule has 0 saturated heterocycles. The first-order valence-corrected chi connectivity index (χ1v) is 7.04. The molecule has 0 spiro atoms. The molecular formula is C14H24O6. The summed E-state index contributed by atoms with van der Waals surface area (Å²) in [4.78, 5) is 33.8. The van der Waals surface area contributed by atoms with Gasteiger partial charge in [0.2, 0.25) is 0 Å². The van der Waals surface area contributed by atoms with Crippen molar-refractivity contribution in [3.05, 3.63) is 0 Å². The maximum absolute atomic E-state index is 11.4. The predicted molar refractivity (Wildman–Crippen MR) is 71.9 cm³/mol. The number of esters is 3. The Hall–Kier alpha value is -1.59. The molecule has 0 unspecified atom stereocenters. The van der Waals surface area contributed by atoms with Crippen molar-refractivity contribution in [3.63, 3.8) is 0 Å². The highest BCUT2D eigenvalue weighted by Gasteiger charge is 2.18. The largest absolute Gasteiger partial charge is 0.462 e. The van der Waals surface area contributed by atoms with Crippen LogP contribution in [0.2, 0.25) is 0 Å². The third kappa shape index (κ3) is 9.35. The van der Waals surface area contributed by atoms with Gasteiger partial charge in [-0.3, -0.25) is 14.4 Å². The van der Waals surface area contributed by atoms with Crippen molar-refractivity contribution in [1.82, 2.24) is 0 Å². The lowest BCUT2D eigenvalue weighted by atomic mass is 10.3. The van der Waals surface area contributed by atoms with E-state index in [9.17, 15) is 14.4 Å². The van der Waals surface area contributed by atoms with E-state index in [-0.39, 0.29) is 38.0 Å². The first kappa shape index (κ1) is 18.4. The molecule has 0 aliphatic carbocycles. The van der Waals surface area contributed by atoms with Crippen LogP contribution < -0.4 is 0 Å². The van der Waals surface area contributed by atoms with E-state index in [0.29, 0.717) is 19.3 Å². The molecule has 0 N–H and O–H groups in total. The molecule has 6 heteroatoms. The van der Waals surface area contributed by atoms with Crippen LogP contribution in [-0.2, 0) is 28.6 Å². The first-order valence-electron chi connectivity index (χ1n) is 7.04. The summed E-state index contributed by atoms with van der Waals surface area (Å²) >= 11 is 0. The Labute approximate surface area is 119 Å². The van der Waals surface area contributed by atoms with Gasteiger partial charge in [0.25, 0.3) is 0 Å². The Balaban J connectivity index is 4.26. The maximum Gasteiger partial charge on any atom is 0.306 e. The van der Waals surface area contributed by atoms with E-state index in [1.165, 1.54) is 0 Å². The second-order valence-electron chi connectivity index (χ2n) is 4.33. The van der Waals surface area contributed by atoms with E-state index in [2.05, 4.69) is 0 Å². The van der Waals surface area contributed by atoms with Crippen LogP contribution in [0.4, 0.5) is 0 Å². The Morgan fingerprint density at radius 1 is 0.800 bits per heavy atom. The monoisotopic (exact) mass is 288 g/mol. The van der Waals surface area contributed by atoms with Crippen LogP contribution in [0.25, 0.3) is 0 Å². The van der Waals surface area contributed by atoms with Crippen molar-refractivity contribution >= 4 is 17.9 Å². The molecule has 0 aliphatic rings. The Morgan fingerprint density at radius 3 is 1.80 bits per heavy atom. The normalized spacial score (nSPS) is 11.6. The molecule has 0 heterocycles. The van der Waals surface area contributed by atoms with Gasteiger partial charge in [-0.05, 0) is 12.8 Å². The third-order valence-corrected chi connectivity index (χ3v) is 2.36. The van der Waals surface area contributed by atoms with Crippen molar-refractivity contribution in [2.75, 3.05) is 13.2 Å². The average Bonchev–Trinajstić information content (AvgIpc) is 2.42. The summed E-state index contributed by atoms with van der Waals surface area (Å²) < 4.78 is 15.0. The molecule has 116 valence electrons. The molecule has 20 heavy (non-hydrogen) atoms. The number of carbonyl (C=O) groups excluding carboxylic acids is 3. The van der Waals surface area contributed by atoms with Crippen LogP contribution in [0.1, 0.15) is 52.9 Å². The number of rotatable bonds is 10. The molecule has 0 fully saturated rings. The first-order chi connectivity index (χ1) is 9.53. The predicted octanol–water partition coefficient (Wildman–Crippen LogP) is 1.99. The lowest BCUT2D eigenvalue weighted by Gasteiger charge is -2.17. The summed E-state index contributed by atoms with van der Waals surface area (Å²) in [5.74, 6) is -1.14. The van der Waals surface area contributed by atoms with E-state index in [1.54, 1.807) is 6.92 Å². The van der Waals surface area contributed by atoms with Crippen LogP contribution in [0.15, 0.2) is 0 Å². The smallest absolute Gasteiger partial charge is 0.306 e. The number of ether oxygens (including phenoxy) is 3. The van der Waals surface area contributed by atoms with Gasteiger partial charge in [-0.1, -0.05) is 20.8 Å². The van der Waals surface area contributed by atoms with Gasteiger partial charge in [0.1, 0.15) is 13.2 Å². The minimum Gasteiger partial charge on any atom is -0.462 e. The van der Waals surface area contributed by atoms with Gasteiger partial charge in [-0.2, -0.15) is 0 Å². The quantitative estimate of drug-likeness (QED) is 0.452. The number of hydrogen-bond acceptors (Lipinski definition) is 6. The SMILES string of the molecule is CCCC(=O)OC[C@H](COC(=O)CC)OC(=O)CCC. The van der Waals surface area contributed by atoms with Gasteiger partial charge in [0.15, 0.2) is 6.10 Å². The van der Waals surface area contributed by atoms with Gasteiger partial charge in [-0.15, -0.1) is 0 Å². The minimum absolute atomic E-state index is 0.0920. The standard InChI is InChI=1S/C14H24O6/c1-4-7-13(16)19-10-11(9-18-12(15)6-3)20-14(17)8-5-2/h11H,4-10H2,1-3H3/t11-/m0/s1. The van der Waals surface area contributed by atoms with Crippen molar-refractivity contribution in [2.45, 2.75) is 59.0 Å². The van der Waals surface area contributed by atoms with Gasteiger partial charge in [-0.25, -0.2) is 0 Å². The molecule has 6 nitrogen and oxygen atoms in total. The average molecular weight is 288 g/mol. The second kappa shape index (κ2) is 11.3. The summed E-state index contributed by atoms with van der Waals surface area (Å²) in [6.45, 7) is 5.20. The van der Waals surface area contributed by atoms with Gasteiger partial charge < -0.3 is 14.2 Å². The third-order valence-electron chi connectivity index (χ3n) is 2.36. The van der Waals surface area contributed by atoms with Gasteiger partial charge in [0.05, 0.1) is 0 Å². The summed E-state index contributed by atoms with van der Waals surface area (Å²) in [6.07, 6.45) is 1.43. The maximum atomic E-state index is 11.4. The fourth-order valence-corrected chi connectivity index (χ4v) is 1.32. The molecule has 0 amide bonds. The van der Waals surface area contributed by atoms with E-state index in [1.807, 2.05) is 13.8 Å². The zero-order chi connectivity index (χ0) is 15.4. The Bertz CT molecular complexity index is 313. The summed E-state index contributed by atoms with van der Waals surface area (Å²) in [5, 5.41) is 0. The molecule has 0 bridgehead atoms. The van der Waals surface area contributed by atoms with Crippen molar-refractivity contribution in [1.29, 1.82) is 0 Å². The zero-order valence-electron chi connectivity index (χ0n) is 12.5. The molecule has 0 aromatic rings. The van der Waals surface area contributed by atoms with Gasteiger partial charge in [0, 0.05) is 19.3 Å². The highest BCUT2D eigenvalue weighted by Crippen LogP contribution is 2.03. The van der Waals surface area contributed by atoms with Crippen molar-refractivity contribution in [3.8, 4) is 0 Å². The number of carbonyl (C=O) groups is 3. The fraction of sp³-hybridized carbons (Fsp3) is 0.786. The molecule has 0 aromatic heterocycles. The van der Waals surface area contributed by atoms with Crippen LogP contribution >= 0.6 is 0 Å². The molecule has 0 radical (unpaired) electrons. The highest BCUT2D eigenvalue weighted by molar-refractivity contribution is 5.70. The minimum atomic E-state index is -0.745. The molecule has 0 rings (SSSR count). The summed E-state index contributed by atoms with van der Waals surface area (Å²) in [6, 6.07) is 0. The summed E-state index contributed by atoms with van der Waals surface area (Å²) in [5.41, 5.74) is 0. The number of hydrogen-bond donors (Lipinski definition) is 0. The van der Waals surface area contributed by atoms with E-state index in [0.717, 1.165) is 0 Å². The second-order valence-corrected chi connectivity index (χ2v) is 4.33. The Morgan fingerprint density at radius 2 is 1.30 bits per heavy atom. The topological polar surface area (TPSA) is 78.9 Å². The van der Waals surface area contributed by atoms with Crippen molar-refractivity contribution in [2.24, 2.45) is 0 Å². The molecular weight excluding hydrogens is 264 g/mol. The lowest BCUT2D eigenvalue weighted by molar-refractivity contribution is -0.166. The van der Waals surface area contributed by atoms with Crippen LogP contribution in [0.3, 0.4) is 0 Å². The molecule has 1 atom stereocenters. The van der Waals surface area contributed by atoms with Crippen LogP contribution in [0, 0.1) is 0 Å². The fourth-order valence-electron chi connectivity index (χ4n) is 1.32. The molecule has 0 aromatic carbocycles. The highest BCUT2D eigenvalue weighted by atomic mass is 16.6. The summed E-state index contributed by atoms with van der Waals surface area (Å²) in [7, 11) is 0. The van der Waals surface area contributed by atoms with E-state index in [4.69, 9.17) is 14.2 Å². The molecule has 0 aliphatic heterocycles. The zero-order valence-corrected chi connectivity index (χ0v) is 12.5. The van der Waals surface area contributed by atoms with E-state index >= 15 is 0 Å². The van der Waals surface area contributed by atoms with Crippen LogP contribution in [-0.4, -0.2) is 37.2 Å². The van der Waals surface area contributed by atoms with Crippen molar-refractivity contribution < 1.29 is 28.6 Å². The lowest BCUT2D eigenvalue weighted by Crippen LogP contribution is -2.30. The van der Waals surface area contributed by atoms with E-state index < -0.39 is 12.1 Å². The van der Waals surface area contributed by atoms with Gasteiger partial charge >= 0.3 is 17.9 Å². The van der Waals surface area contributed by atoms with Crippen LogP contribution in [0.5, 0.6) is 0 Å².